The monoisotopic (exact) mass is 447 g/mol. The largest absolute Gasteiger partial charge is 0.508 e. The first kappa shape index (κ1) is 23.1. The topological polar surface area (TPSA) is 77.8 Å². The number of aromatic hydroxyl groups is 1. The van der Waals surface area contributed by atoms with Gasteiger partial charge in [-0.25, -0.2) is 0 Å². The van der Waals surface area contributed by atoms with Crippen molar-refractivity contribution in [2.45, 2.75) is 77.3 Å². The molecule has 5 heteroatoms. The van der Waals surface area contributed by atoms with E-state index < -0.39 is 17.7 Å². The number of rotatable bonds is 3. The van der Waals surface area contributed by atoms with Crippen molar-refractivity contribution in [3.05, 3.63) is 70.3 Å². The molecule has 1 aliphatic carbocycles. The number of carbonyl (C=O) groups is 2. The van der Waals surface area contributed by atoms with Gasteiger partial charge in [-0.3, -0.25) is 9.59 Å². The third-order valence-corrected chi connectivity index (χ3v) is 6.99. The van der Waals surface area contributed by atoms with Gasteiger partial charge in [-0.05, 0) is 60.1 Å². The molecular weight excluding hydrogens is 414 g/mol. The summed E-state index contributed by atoms with van der Waals surface area (Å²) < 4.78 is 0. The lowest BCUT2D eigenvalue weighted by molar-refractivity contribution is -0.141. The van der Waals surface area contributed by atoms with Gasteiger partial charge in [0, 0.05) is 11.6 Å². The Morgan fingerprint density at radius 3 is 2.33 bits per heavy atom. The fourth-order valence-corrected chi connectivity index (χ4v) is 5.10. The first-order valence-electron chi connectivity index (χ1n) is 11.8. The molecule has 1 atom stereocenters. The van der Waals surface area contributed by atoms with Crippen LogP contribution in [0, 0.1) is 6.92 Å². The lowest BCUT2D eigenvalue weighted by atomic mass is 9.84. The zero-order valence-electron chi connectivity index (χ0n) is 19.9. The zero-order valence-corrected chi connectivity index (χ0v) is 19.9. The molecule has 2 fully saturated rings. The molecule has 33 heavy (non-hydrogen) atoms. The molecule has 174 valence electrons. The Labute approximate surface area is 195 Å². The highest BCUT2D eigenvalue weighted by molar-refractivity contribution is 6.46. The average Bonchev–Trinajstić information content (AvgIpc) is 3.04. The summed E-state index contributed by atoms with van der Waals surface area (Å²) in [5.41, 5.74) is 3.02. The third kappa shape index (κ3) is 4.29. The van der Waals surface area contributed by atoms with Crippen molar-refractivity contribution in [3.8, 4) is 5.75 Å². The van der Waals surface area contributed by atoms with Gasteiger partial charge in [0.05, 0.1) is 11.6 Å². The number of aryl methyl sites for hydroxylation is 1. The van der Waals surface area contributed by atoms with Crippen molar-refractivity contribution in [1.82, 2.24) is 4.90 Å². The Morgan fingerprint density at radius 2 is 1.70 bits per heavy atom. The fourth-order valence-electron chi connectivity index (χ4n) is 5.10. The molecule has 2 aliphatic rings. The molecule has 1 saturated carbocycles. The van der Waals surface area contributed by atoms with E-state index in [9.17, 15) is 19.8 Å². The summed E-state index contributed by atoms with van der Waals surface area (Å²) in [4.78, 5) is 28.3. The van der Waals surface area contributed by atoms with Crippen molar-refractivity contribution in [3.63, 3.8) is 0 Å². The van der Waals surface area contributed by atoms with Gasteiger partial charge in [0.1, 0.15) is 11.5 Å². The number of aliphatic hydroxyl groups is 1. The van der Waals surface area contributed by atoms with E-state index in [0.29, 0.717) is 11.1 Å². The van der Waals surface area contributed by atoms with Crippen LogP contribution in [0.5, 0.6) is 5.75 Å². The fraction of sp³-hybridized carbons (Fsp3) is 0.429. The second-order valence-corrected chi connectivity index (χ2v) is 10.4. The molecule has 4 rings (SSSR count). The van der Waals surface area contributed by atoms with Gasteiger partial charge in [0.25, 0.3) is 11.7 Å². The number of nitrogens with zero attached hydrogens (tertiary/aromatic N) is 1. The summed E-state index contributed by atoms with van der Waals surface area (Å²) in [5, 5.41) is 21.7. The van der Waals surface area contributed by atoms with Crippen molar-refractivity contribution in [2.75, 3.05) is 0 Å². The Hall–Kier alpha value is -3.08. The Morgan fingerprint density at radius 1 is 1.00 bits per heavy atom. The standard InChI is InChI=1S/C28H33NO4/c1-17-13-14-19(28(2,3)4)16-22(17)25(31)23-24(18-9-8-12-21(30)15-18)29(27(33)26(23)32)20-10-6-5-7-11-20/h8-9,12-16,20,24,30-31H,5-7,10-11H2,1-4H3/b25-23+. The van der Waals surface area contributed by atoms with Gasteiger partial charge in [-0.15, -0.1) is 0 Å². The molecule has 2 N–H and O–H groups in total. The Balaban J connectivity index is 1.92. The second-order valence-electron chi connectivity index (χ2n) is 10.4. The number of ketones is 1. The lowest BCUT2D eigenvalue weighted by Crippen LogP contribution is -2.40. The van der Waals surface area contributed by atoms with E-state index >= 15 is 0 Å². The number of amides is 1. The molecule has 5 nitrogen and oxygen atoms in total. The molecule has 0 aromatic heterocycles. The van der Waals surface area contributed by atoms with E-state index in [4.69, 9.17) is 0 Å². The van der Waals surface area contributed by atoms with Crippen molar-refractivity contribution < 1.29 is 19.8 Å². The Kier molecular flexibility index (Phi) is 6.08. The number of phenols is 1. The van der Waals surface area contributed by atoms with E-state index in [0.717, 1.165) is 43.2 Å². The van der Waals surface area contributed by atoms with Gasteiger partial charge in [-0.2, -0.15) is 0 Å². The van der Waals surface area contributed by atoms with Crippen LogP contribution >= 0.6 is 0 Å². The van der Waals surface area contributed by atoms with Gasteiger partial charge in [0.2, 0.25) is 0 Å². The quantitative estimate of drug-likeness (QED) is 0.357. The van der Waals surface area contributed by atoms with Crippen LogP contribution in [0.15, 0.2) is 48.0 Å². The number of carbonyl (C=O) groups excluding carboxylic acids is 2. The number of Topliss-reactive ketones (excluding diaryl/α,β-unsaturated/α-hetero) is 1. The predicted molar refractivity (Wildman–Crippen MR) is 129 cm³/mol. The van der Waals surface area contributed by atoms with Crippen molar-refractivity contribution in [2.24, 2.45) is 0 Å². The molecule has 0 radical (unpaired) electrons. The molecule has 1 amide bonds. The highest BCUT2D eigenvalue weighted by Crippen LogP contribution is 2.44. The van der Waals surface area contributed by atoms with Gasteiger partial charge < -0.3 is 15.1 Å². The van der Waals surface area contributed by atoms with Crippen molar-refractivity contribution in [1.29, 1.82) is 0 Å². The van der Waals surface area contributed by atoms with Crippen LogP contribution in [0.25, 0.3) is 5.76 Å². The van der Waals surface area contributed by atoms with E-state index in [2.05, 4.69) is 20.8 Å². The van der Waals surface area contributed by atoms with E-state index in [1.54, 1.807) is 29.2 Å². The van der Waals surface area contributed by atoms with Gasteiger partial charge in [-0.1, -0.05) is 64.3 Å². The van der Waals surface area contributed by atoms with Crippen LogP contribution in [-0.2, 0) is 15.0 Å². The van der Waals surface area contributed by atoms with Crippen LogP contribution in [-0.4, -0.2) is 32.8 Å². The first-order valence-corrected chi connectivity index (χ1v) is 11.8. The van der Waals surface area contributed by atoms with Crippen LogP contribution < -0.4 is 0 Å². The highest BCUT2D eigenvalue weighted by Gasteiger charge is 2.49. The SMILES string of the molecule is Cc1ccc(C(C)(C)C)cc1/C(O)=C1\C(=O)C(=O)N(C2CCCCC2)C1c1cccc(O)c1. The molecular formula is C28H33NO4. The third-order valence-electron chi connectivity index (χ3n) is 6.99. The maximum atomic E-state index is 13.4. The summed E-state index contributed by atoms with van der Waals surface area (Å²) in [6.07, 6.45) is 4.80. The maximum Gasteiger partial charge on any atom is 0.295 e. The van der Waals surface area contributed by atoms with Crippen LogP contribution in [0.4, 0.5) is 0 Å². The number of hydrogen-bond donors (Lipinski definition) is 2. The van der Waals surface area contributed by atoms with Crippen molar-refractivity contribution >= 4 is 17.4 Å². The van der Waals surface area contributed by atoms with Crippen LogP contribution in [0.3, 0.4) is 0 Å². The first-order chi connectivity index (χ1) is 15.6. The minimum atomic E-state index is -0.724. The summed E-state index contributed by atoms with van der Waals surface area (Å²) in [6, 6.07) is 11.8. The number of aliphatic hydroxyl groups excluding tert-OH is 1. The molecule has 2 aromatic rings. The normalized spacial score (nSPS) is 21.6. The Bertz CT molecular complexity index is 1120. The molecule has 1 heterocycles. The number of benzene rings is 2. The van der Waals surface area contributed by atoms with Gasteiger partial charge >= 0.3 is 0 Å². The predicted octanol–water partition coefficient (Wildman–Crippen LogP) is 5.75. The van der Waals surface area contributed by atoms with E-state index in [1.807, 2.05) is 25.1 Å². The second kappa shape index (κ2) is 8.69. The van der Waals surface area contributed by atoms with Crippen LogP contribution in [0.2, 0.25) is 0 Å². The van der Waals surface area contributed by atoms with E-state index in [1.165, 1.54) is 0 Å². The minimum Gasteiger partial charge on any atom is -0.508 e. The summed E-state index contributed by atoms with van der Waals surface area (Å²) in [7, 11) is 0. The zero-order chi connectivity index (χ0) is 23.9. The molecule has 0 bridgehead atoms. The van der Waals surface area contributed by atoms with Gasteiger partial charge in [0.15, 0.2) is 0 Å². The number of hydrogen-bond acceptors (Lipinski definition) is 4. The molecule has 2 aromatic carbocycles. The smallest absolute Gasteiger partial charge is 0.295 e. The molecule has 0 spiro atoms. The summed E-state index contributed by atoms with van der Waals surface area (Å²) in [6.45, 7) is 8.17. The summed E-state index contributed by atoms with van der Waals surface area (Å²) in [5.74, 6) is -1.32. The number of phenolic OH excluding ortho intramolecular Hbond substituents is 1. The maximum absolute atomic E-state index is 13.4. The highest BCUT2D eigenvalue weighted by atomic mass is 16.3. The number of likely N-dealkylation sites (tertiary alicyclic amines) is 1. The molecule has 1 saturated heterocycles. The summed E-state index contributed by atoms with van der Waals surface area (Å²) >= 11 is 0. The molecule has 1 unspecified atom stereocenters. The van der Waals surface area contributed by atoms with Crippen LogP contribution in [0.1, 0.15) is 81.2 Å². The minimum absolute atomic E-state index is 0.0603. The van der Waals surface area contributed by atoms with E-state index in [-0.39, 0.29) is 28.5 Å². The average molecular weight is 448 g/mol. The lowest BCUT2D eigenvalue weighted by Gasteiger charge is -2.35. The molecule has 1 aliphatic heterocycles.